The Morgan fingerprint density at radius 3 is 2.89 bits per heavy atom. The summed E-state index contributed by atoms with van der Waals surface area (Å²) in [5.74, 6) is -0.394. The summed E-state index contributed by atoms with van der Waals surface area (Å²) in [6.45, 7) is 3.56. The van der Waals surface area contributed by atoms with Crippen LogP contribution < -0.4 is 0 Å². The van der Waals surface area contributed by atoms with Gasteiger partial charge in [0.05, 0.1) is 24.4 Å². The Morgan fingerprint density at radius 2 is 2.26 bits per heavy atom. The minimum atomic E-state index is -0.697. The molecule has 0 fully saturated rings. The summed E-state index contributed by atoms with van der Waals surface area (Å²) in [6, 6.07) is 3.85. The number of hydrogen-bond acceptors (Lipinski definition) is 4. The SMILES string of the molecule is COC(=O)c1cnn2ccc(CCC(C)(C)O)cc12. The van der Waals surface area contributed by atoms with Gasteiger partial charge in [0.25, 0.3) is 0 Å². The molecule has 0 aliphatic heterocycles. The van der Waals surface area contributed by atoms with Gasteiger partial charge in [0, 0.05) is 6.20 Å². The zero-order chi connectivity index (χ0) is 14.0. The number of rotatable bonds is 4. The van der Waals surface area contributed by atoms with Gasteiger partial charge in [0.15, 0.2) is 0 Å². The number of nitrogens with zero attached hydrogens (tertiary/aromatic N) is 2. The highest BCUT2D eigenvalue weighted by atomic mass is 16.5. The molecule has 0 aromatic carbocycles. The van der Waals surface area contributed by atoms with Gasteiger partial charge >= 0.3 is 5.97 Å². The summed E-state index contributed by atoms with van der Waals surface area (Å²) in [4.78, 5) is 11.6. The van der Waals surface area contributed by atoms with Crippen LogP contribution in [0.15, 0.2) is 24.5 Å². The maximum absolute atomic E-state index is 11.6. The van der Waals surface area contributed by atoms with Crippen LogP contribution in [-0.4, -0.2) is 33.4 Å². The third-order valence-corrected chi connectivity index (χ3v) is 3.02. The number of methoxy groups -OCH3 is 1. The molecule has 0 unspecified atom stereocenters. The number of aliphatic hydroxyl groups is 1. The van der Waals surface area contributed by atoms with Gasteiger partial charge in [0.1, 0.15) is 5.56 Å². The molecule has 0 saturated carbocycles. The number of esters is 1. The van der Waals surface area contributed by atoms with E-state index in [1.165, 1.54) is 13.3 Å². The number of carbonyl (C=O) groups excluding carboxylic acids is 1. The van der Waals surface area contributed by atoms with Crippen LogP contribution in [0.4, 0.5) is 0 Å². The fourth-order valence-electron chi connectivity index (χ4n) is 1.90. The van der Waals surface area contributed by atoms with E-state index in [0.29, 0.717) is 12.0 Å². The average Bonchev–Trinajstić information content (AvgIpc) is 2.77. The van der Waals surface area contributed by atoms with E-state index < -0.39 is 11.6 Å². The lowest BCUT2D eigenvalue weighted by Crippen LogP contribution is -2.19. The summed E-state index contributed by atoms with van der Waals surface area (Å²) >= 11 is 0. The van der Waals surface area contributed by atoms with Gasteiger partial charge in [-0.3, -0.25) is 0 Å². The predicted molar refractivity (Wildman–Crippen MR) is 71.2 cm³/mol. The number of carbonyl (C=O) groups is 1. The molecule has 1 N–H and O–H groups in total. The highest BCUT2D eigenvalue weighted by Crippen LogP contribution is 2.17. The molecule has 19 heavy (non-hydrogen) atoms. The highest BCUT2D eigenvalue weighted by molar-refractivity contribution is 5.96. The minimum absolute atomic E-state index is 0.394. The van der Waals surface area contributed by atoms with Crippen molar-refractivity contribution in [3.63, 3.8) is 0 Å². The van der Waals surface area contributed by atoms with Crippen molar-refractivity contribution in [2.75, 3.05) is 7.11 Å². The zero-order valence-electron chi connectivity index (χ0n) is 11.4. The quantitative estimate of drug-likeness (QED) is 0.854. The topological polar surface area (TPSA) is 63.8 Å². The van der Waals surface area contributed by atoms with Crippen LogP contribution in [0.25, 0.3) is 5.52 Å². The Kier molecular flexibility index (Phi) is 3.57. The van der Waals surface area contributed by atoms with Gasteiger partial charge < -0.3 is 9.84 Å². The van der Waals surface area contributed by atoms with Crippen molar-refractivity contribution >= 4 is 11.5 Å². The number of aromatic nitrogens is 2. The first kappa shape index (κ1) is 13.5. The van der Waals surface area contributed by atoms with Crippen LogP contribution in [0, 0.1) is 0 Å². The second kappa shape index (κ2) is 5.01. The number of aryl methyl sites for hydroxylation is 1. The van der Waals surface area contributed by atoms with Gasteiger partial charge in [-0.15, -0.1) is 0 Å². The van der Waals surface area contributed by atoms with E-state index in [0.717, 1.165) is 17.5 Å². The normalized spacial score (nSPS) is 11.8. The molecule has 2 heterocycles. The van der Waals surface area contributed by atoms with E-state index in [2.05, 4.69) is 5.10 Å². The predicted octanol–water partition coefficient (Wildman–Crippen LogP) is 1.82. The largest absolute Gasteiger partial charge is 0.465 e. The summed E-state index contributed by atoms with van der Waals surface area (Å²) < 4.78 is 6.36. The molecular formula is C14H18N2O3. The van der Waals surface area contributed by atoms with Crippen molar-refractivity contribution in [3.8, 4) is 0 Å². The van der Waals surface area contributed by atoms with Crippen LogP contribution >= 0.6 is 0 Å². The van der Waals surface area contributed by atoms with Gasteiger partial charge in [-0.2, -0.15) is 5.10 Å². The Morgan fingerprint density at radius 1 is 1.53 bits per heavy atom. The van der Waals surface area contributed by atoms with E-state index >= 15 is 0 Å². The van der Waals surface area contributed by atoms with Gasteiger partial charge in [-0.1, -0.05) is 0 Å². The van der Waals surface area contributed by atoms with Crippen molar-refractivity contribution in [2.24, 2.45) is 0 Å². The van der Waals surface area contributed by atoms with Crippen molar-refractivity contribution in [1.29, 1.82) is 0 Å². The van der Waals surface area contributed by atoms with Crippen molar-refractivity contribution < 1.29 is 14.6 Å². The first-order chi connectivity index (χ1) is 8.90. The van der Waals surface area contributed by atoms with Gasteiger partial charge in [-0.05, 0) is 44.4 Å². The molecule has 0 atom stereocenters. The van der Waals surface area contributed by atoms with E-state index in [4.69, 9.17) is 4.74 Å². The fraction of sp³-hybridized carbons (Fsp3) is 0.429. The molecular weight excluding hydrogens is 244 g/mol. The Labute approximate surface area is 111 Å². The van der Waals surface area contributed by atoms with Crippen LogP contribution in [0.3, 0.4) is 0 Å². The van der Waals surface area contributed by atoms with Crippen LogP contribution in [0.2, 0.25) is 0 Å². The van der Waals surface area contributed by atoms with E-state index in [-0.39, 0.29) is 0 Å². The highest BCUT2D eigenvalue weighted by Gasteiger charge is 2.15. The van der Waals surface area contributed by atoms with Gasteiger partial charge in [-0.25, -0.2) is 9.31 Å². The number of hydrogen-bond donors (Lipinski definition) is 1. The molecule has 2 rings (SSSR count). The first-order valence-electron chi connectivity index (χ1n) is 6.18. The summed E-state index contributed by atoms with van der Waals surface area (Å²) in [7, 11) is 1.35. The Hall–Kier alpha value is -1.88. The molecule has 2 aromatic rings. The summed E-state index contributed by atoms with van der Waals surface area (Å²) in [5, 5.41) is 13.8. The van der Waals surface area contributed by atoms with Gasteiger partial charge in [0.2, 0.25) is 0 Å². The van der Waals surface area contributed by atoms with E-state index in [1.54, 1.807) is 18.4 Å². The fourth-order valence-corrected chi connectivity index (χ4v) is 1.90. The monoisotopic (exact) mass is 262 g/mol. The smallest absolute Gasteiger partial charge is 0.341 e. The molecule has 0 aliphatic rings. The van der Waals surface area contributed by atoms with Crippen molar-refractivity contribution in [1.82, 2.24) is 9.61 Å². The zero-order valence-corrected chi connectivity index (χ0v) is 11.4. The minimum Gasteiger partial charge on any atom is -0.465 e. The lowest BCUT2D eigenvalue weighted by molar-refractivity contribution is 0.0602. The second-order valence-electron chi connectivity index (χ2n) is 5.23. The molecule has 2 aromatic heterocycles. The van der Waals surface area contributed by atoms with Crippen LogP contribution in [0.5, 0.6) is 0 Å². The first-order valence-corrected chi connectivity index (χ1v) is 6.18. The Balaban J connectivity index is 2.30. The summed E-state index contributed by atoms with van der Waals surface area (Å²) in [5.41, 5.74) is 1.53. The molecule has 0 amide bonds. The standard InChI is InChI=1S/C14H18N2O3/c1-14(2,18)6-4-10-5-7-16-12(8-10)11(9-15-16)13(17)19-3/h5,7-9,18H,4,6H2,1-3H3. The third kappa shape index (κ3) is 3.12. The lowest BCUT2D eigenvalue weighted by Gasteiger charge is -2.16. The molecule has 5 heteroatoms. The third-order valence-electron chi connectivity index (χ3n) is 3.02. The molecule has 0 radical (unpaired) electrons. The van der Waals surface area contributed by atoms with Crippen LogP contribution in [-0.2, 0) is 11.2 Å². The van der Waals surface area contributed by atoms with Crippen LogP contribution in [0.1, 0.15) is 36.2 Å². The maximum atomic E-state index is 11.6. The number of pyridine rings is 1. The maximum Gasteiger partial charge on any atom is 0.341 e. The molecule has 102 valence electrons. The molecule has 0 aliphatic carbocycles. The Bertz CT molecular complexity index is 596. The molecule has 0 saturated heterocycles. The van der Waals surface area contributed by atoms with Crippen molar-refractivity contribution in [3.05, 3.63) is 35.7 Å². The van der Waals surface area contributed by atoms with E-state index in [9.17, 15) is 9.90 Å². The average molecular weight is 262 g/mol. The van der Waals surface area contributed by atoms with Crippen molar-refractivity contribution in [2.45, 2.75) is 32.3 Å². The molecule has 0 spiro atoms. The molecule has 5 nitrogen and oxygen atoms in total. The number of ether oxygens (including phenoxy) is 1. The lowest BCUT2D eigenvalue weighted by atomic mass is 9.99. The summed E-state index contributed by atoms with van der Waals surface area (Å²) in [6.07, 6.45) is 4.71. The second-order valence-corrected chi connectivity index (χ2v) is 5.23. The van der Waals surface area contributed by atoms with E-state index in [1.807, 2.05) is 18.3 Å². The molecule has 0 bridgehead atoms. The number of fused-ring (bicyclic) bond motifs is 1.